The maximum absolute atomic E-state index is 5.58. The molecular weight excluding hydrogens is 148 g/mol. The molecule has 2 heteroatoms. The van der Waals surface area contributed by atoms with Crippen molar-refractivity contribution in [3.63, 3.8) is 0 Å². The fourth-order valence-corrected chi connectivity index (χ4v) is 1.22. The van der Waals surface area contributed by atoms with Gasteiger partial charge in [0.2, 0.25) is 0 Å². The van der Waals surface area contributed by atoms with Crippen LogP contribution < -0.4 is 5.73 Å². The Morgan fingerprint density at radius 2 is 2.50 bits per heavy atom. The summed E-state index contributed by atoms with van der Waals surface area (Å²) in [5.41, 5.74) is 6.84. The third-order valence-electron chi connectivity index (χ3n) is 1.92. The van der Waals surface area contributed by atoms with E-state index in [1.54, 1.807) is 0 Å². The Balaban J connectivity index is 2.61. The van der Waals surface area contributed by atoms with Gasteiger partial charge in [0.25, 0.3) is 0 Å². The van der Waals surface area contributed by atoms with E-state index in [0.717, 1.165) is 6.42 Å². The lowest BCUT2D eigenvalue weighted by Gasteiger charge is -2.13. The first-order valence-corrected chi connectivity index (χ1v) is 4.48. The van der Waals surface area contributed by atoms with Crippen LogP contribution in [0.15, 0.2) is 28.8 Å². The van der Waals surface area contributed by atoms with Crippen molar-refractivity contribution < 1.29 is 0 Å². The van der Waals surface area contributed by atoms with Crippen LogP contribution in [0.25, 0.3) is 0 Å². The monoisotopic (exact) mass is 164 g/mol. The van der Waals surface area contributed by atoms with Crippen LogP contribution in [0.4, 0.5) is 0 Å². The molecule has 0 aromatic heterocycles. The molecule has 0 amide bonds. The average Bonchev–Trinajstić information content (AvgIpc) is 2.15. The lowest BCUT2D eigenvalue weighted by molar-refractivity contribution is 0.786. The normalized spacial score (nSPS) is 25.2. The zero-order chi connectivity index (χ0) is 8.81. The van der Waals surface area contributed by atoms with Crippen LogP contribution in [0.1, 0.15) is 19.8 Å². The molecule has 1 rings (SSSR count). The number of allylic oxidation sites excluding steroid dienone is 2. The Morgan fingerprint density at radius 3 is 3.17 bits per heavy atom. The molecule has 0 saturated heterocycles. The maximum atomic E-state index is 5.58. The Labute approximate surface area is 73.9 Å². The van der Waals surface area contributed by atoms with Crippen LogP contribution in [-0.4, -0.2) is 18.8 Å². The van der Waals surface area contributed by atoms with E-state index in [1.807, 2.05) is 12.3 Å². The molecule has 0 aliphatic carbocycles. The highest BCUT2D eigenvalue weighted by molar-refractivity contribution is 5.74. The second-order valence-electron chi connectivity index (χ2n) is 2.90. The minimum atomic E-state index is 0.196. The number of nitrogens with zero attached hydrogens (tertiary/aromatic N) is 1. The van der Waals surface area contributed by atoms with Gasteiger partial charge in [0.1, 0.15) is 0 Å². The van der Waals surface area contributed by atoms with Crippen molar-refractivity contribution in [3.8, 4) is 0 Å². The van der Waals surface area contributed by atoms with Gasteiger partial charge >= 0.3 is 0 Å². The van der Waals surface area contributed by atoms with Crippen molar-refractivity contribution in [1.82, 2.24) is 0 Å². The fraction of sp³-hybridized carbons (Fsp3) is 0.500. The van der Waals surface area contributed by atoms with Gasteiger partial charge in [0.15, 0.2) is 0 Å². The zero-order valence-electron chi connectivity index (χ0n) is 7.53. The highest BCUT2D eigenvalue weighted by atomic mass is 14.8. The van der Waals surface area contributed by atoms with Gasteiger partial charge in [-0.1, -0.05) is 25.5 Å². The van der Waals surface area contributed by atoms with E-state index in [0.29, 0.717) is 6.54 Å². The minimum Gasteiger partial charge on any atom is -0.328 e. The molecule has 2 N–H and O–H groups in total. The van der Waals surface area contributed by atoms with Crippen LogP contribution >= 0.6 is 0 Å². The molecule has 1 aliphatic heterocycles. The molecule has 0 aromatic carbocycles. The van der Waals surface area contributed by atoms with Gasteiger partial charge in [-0.3, -0.25) is 4.99 Å². The topological polar surface area (TPSA) is 38.4 Å². The molecule has 0 radical (unpaired) electrons. The fourth-order valence-electron chi connectivity index (χ4n) is 1.22. The number of hydrogen-bond donors (Lipinski definition) is 1. The van der Waals surface area contributed by atoms with Gasteiger partial charge in [-0.2, -0.15) is 0 Å². The number of unbranched alkanes of at least 4 members (excludes halogenated alkanes) is 1. The van der Waals surface area contributed by atoms with E-state index in [-0.39, 0.29) is 6.04 Å². The SMILES string of the molecule is CCCC=C1C=CC=NC1CN. The van der Waals surface area contributed by atoms with Crippen molar-refractivity contribution in [2.24, 2.45) is 10.7 Å². The summed E-state index contributed by atoms with van der Waals surface area (Å²) in [4.78, 5) is 4.28. The molecule has 1 heterocycles. The molecule has 0 bridgehead atoms. The molecule has 66 valence electrons. The Kier molecular flexibility index (Phi) is 3.74. The highest BCUT2D eigenvalue weighted by Crippen LogP contribution is 2.12. The van der Waals surface area contributed by atoms with Gasteiger partial charge in [0, 0.05) is 12.8 Å². The third kappa shape index (κ3) is 2.31. The second kappa shape index (κ2) is 4.88. The van der Waals surface area contributed by atoms with E-state index < -0.39 is 0 Å². The van der Waals surface area contributed by atoms with Crippen LogP contribution in [0.2, 0.25) is 0 Å². The van der Waals surface area contributed by atoms with Crippen molar-refractivity contribution in [2.75, 3.05) is 6.54 Å². The van der Waals surface area contributed by atoms with Crippen molar-refractivity contribution >= 4 is 6.21 Å². The largest absolute Gasteiger partial charge is 0.328 e. The van der Waals surface area contributed by atoms with E-state index in [4.69, 9.17) is 5.73 Å². The zero-order valence-corrected chi connectivity index (χ0v) is 7.53. The summed E-state index contributed by atoms with van der Waals surface area (Å²) in [5, 5.41) is 0. The number of aliphatic imine (C=N–C) groups is 1. The molecule has 12 heavy (non-hydrogen) atoms. The summed E-state index contributed by atoms with van der Waals surface area (Å²) >= 11 is 0. The molecule has 1 atom stereocenters. The van der Waals surface area contributed by atoms with Gasteiger partial charge in [-0.25, -0.2) is 0 Å². The summed E-state index contributed by atoms with van der Waals surface area (Å²) in [7, 11) is 0. The lowest BCUT2D eigenvalue weighted by atomic mass is 10.0. The molecule has 1 unspecified atom stereocenters. The molecule has 2 nitrogen and oxygen atoms in total. The summed E-state index contributed by atoms with van der Waals surface area (Å²) in [6.45, 7) is 2.78. The molecule has 0 spiro atoms. The Morgan fingerprint density at radius 1 is 1.67 bits per heavy atom. The molecular formula is C10H16N2. The first-order valence-electron chi connectivity index (χ1n) is 4.48. The predicted octanol–water partition coefficient (Wildman–Crippen LogP) is 1.68. The maximum Gasteiger partial charge on any atom is 0.0868 e. The number of hydrogen-bond acceptors (Lipinski definition) is 2. The molecule has 1 aliphatic rings. The third-order valence-corrected chi connectivity index (χ3v) is 1.92. The van der Waals surface area contributed by atoms with Crippen molar-refractivity contribution in [2.45, 2.75) is 25.8 Å². The summed E-state index contributed by atoms with van der Waals surface area (Å²) in [6.07, 6.45) is 10.4. The highest BCUT2D eigenvalue weighted by Gasteiger charge is 2.08. The summed E-state index contributed by atoms with van der Waals surface area (Å²) in [6, 6.07) is 0.196. The van der Waals surface area contributed by atoms with Crippen LogP contribution in [0.5, 0.6) is 0 Å². The number of nitrogens with two attached hydrogens (primary N) is 1. The second-order valence-corrected chi connectivity index (χ2v) is 2.90. The standard InChI is InChI=1S/C10H16N2/c1-2-3-5-9-6-4-7-12-10(9)8-11/h4-7,10H,2-3,8,11H2,1H3. The molecule has 0 fully saturated rings. The van der Waals surface area contributed by atoms with Crippen molar-refractivity contribution in [3.05, 3.63) is 23.8 Å². The van der Waals surface area contributed by atoms with Gasteiger partial charge in [-0.15, -0.1) is 0 Å². The number of rotatable bonds is 3. The summed E-state index contributed by atoms with van der Waals surface area (Å²) in [5.74, 6) is 0. The molecule has 0 saturated carbocycles. The van der Waals surface area contributed by atoms with Crippen molar-refractivity contribution in [1.29, 1.82) is 0 Å². The van der Waals surface area contributed by atoms with Gasteiger partial charge < -0.3 is 5.73 Å². The minimum absolute atomic E-state index is 0.196. The quantitative estimate of drug-likeness (QED) is 0.677. The van der Waals surface area contributed by atoms with E-state index in [2.05, 4.69) is 24.1 Å². The van der Waals surface area contributed by atoms with E-state index in [1.165, 1.54) is 12.0 Å². The predicted molar refractivity (Wildman–Crippen MR) is 53.5 cm³/mol. The smallest absolute Gasteiger partial charge is 0.0868 e. The van der Waals surface area contributed by atoms with Crippen LogP contribution in [-0.2, 0) is 0 Å². The Hall–Kier alpha value is -0.890. The molecule has 0 aromatic rings. The van der Waals surface area contributed by atoms with Gasteiger partial charge in [-0.05, 0) is 18.1 Å². The first kappa shape index (κ1) is 9.20. The van der Waals surface area contributed by atoms with E-state index in [9.17, 15) is 0 Å². The lowest BCUT2D eigenvalue weighted by Crippen LogP contribution is -2.21. The Bertz CT molecular complexity index is 214. The average molecular weight is 164 g/mol. The summed E-state index contributed by atoms with van der Waals surface area (Å²) < 4.78 is 0. The van der Waals surface area contributed by atoms with Gasteiger partial charge in [0.05, 0.1) is 6.04 Å². The number of dihydropyridines is 1. The van der Waals surface area contributed by atoms with E-state index >= 15 is 0 Å². The van der Waals surface area contributed by atoms with Crippen LogP contribution in [0.3, 0.4) is 0 Å². The first-order chi connectivity index (χ1) is 5.88. The van der Waals surface area contributed by atoms with Crippen LogP contribution in [0, 0.1) is 0 Å².